The van der Waals surface area contributed by atoms with E-state index in [4.69, 9.17) is 16.3 Å². The lowest BCUT2D eigenvalue weighted by atomic mass is 10.1. The van der Waals surface area contributed by atoms with Gasteiger partial charge in [-0.3, -0.25) is 19.1 Å². The van der Waals surface area contributed by atoms with E-state index < -0.39 is 21.4 Å². The molecule has 0 aliphatic heterocycles. The van der Waals surface area contributed by atoms with E-state index in [0.29, 0.717) is 27.3 Å². The molecule has 3 aromatic heterocycles. The molecule has 12 heteroatoms. The summed E-state index contributed by atoms with van der Waals surface area (Å²) in [5.74, 6) is -0.398. The molecular formula is C25H18ClFN4O5S. The number of benzene rings is 2. The van der Waals surface area contributed by atoms with Crippen molar-refractivity contribution in [2.45, 2.75) is 11.8 Å². The minimum Gasteiger partial charge on any atom is -0.495 e. The first-order valence-electron chi connectivity index (χ1n) is 10.8. The third-order valence-electron chi connectivity index (χ3n) is 5.66. The first kappa shape index (κ1) is 24.5. The Morgan fingerprint density at radius 2 is 1.89 bits per heavy atom. The lowest BCUT2D eigenvalue weighted by Crippen LogP contribution is -2.19. The first-order chi connectivity index (χ1) is 17.7. The minimum atomic E-state index is -3.99. The molecule has 1 N–H and O–H groups in total. The molecule has 2 aromatic carbocycles. The van der Waals surface area contributed by atoms with Crippen LogP contribution < -0.4 is 15.0 Å². The van der Waals surface area contributed by atoms with Crippen LogP contribution >= 0.6 is 11.6 Å². The van der Waals surface area contributed by atoms with Gasteiger partial charge in [0.2, 0.25) is 0 Å². The maximum atomic E-state index is 15.4. The maximum absolute atomic E-state index is 15.4. The standard InChI is InChI=1S/C25H18ClFN4O5S/c1-14-18(26)5-6-20(28-14)17-12-23(35-2)22(13-19(17)27)31-21-7-4-16(11-15(21)3-8-25(31)32)37(33,34)30-24-9-10-36-29-24/h3-13H,1-2H3,(H,29,30). The molecule has 188 valence electrons. The molecule has 0 bridgehead atoms. The van der Waals surface area contributed by atoms with Crippen LogP contribution in [-0.2, 0) is 10.0 Å². The van der Waals surface area contributed by atoms with Crippen molar-refractivity contribution in [3.8, 4) is 22.7 Å². The van der Waals surface area contributed by atoms with Crippen LogP contribution in [0.5, 0.6) is 5.75 Å². The van der Waals surface area contributed by atoms with E-state index in [2.05, 4.69) is 19.4 Å². The summed E-state index contributed by atoms with van der Waals surface area (Å²) >= 11 is 6.05. The summed E-state index contributed by atoms with van der Waals surface area (Å²) < 4.78 is 54.6. The van der Waals surface area contributed by atoms with Gasteiger partial charge >= 0.3 is 0 Å². The first-order valence-corrected chi connectivity index (χ1v) is 12.6. The van der Waals surface area contributed by atoms with Crippen molar-refractivity contribution < 1.29 is 22.1 Å². The van der Waals surface area contributed by atoms with Gasteiger partial charge in [-0.1, -0.05) is 16.8 Å². The second-order valence-corrected chi connectivity index (χ2v) is 10.1. The van der Waals surface area contributed by atoms with Gasteiger partial charge in [0.1, 0.15) is 17.8 Å². The highest BCUT2D eigenvalue weighted by molar-refractivity contribution is 7.92. The number of halogens is 2. The summed E-state index contributed by atoms with van der Waals surface area (Å²) in [4.78, 5) is 17.2. The molecule has 0 atom stereocenters. The average Bonchev–Trinajstić information content (AvgIpc) is 3.37. The van der Waals surface area contributed by atoms with Crippen LogP contribution in [0.1, 0.15) is 5.69 Å². The third kappa shape index (κ3) is 4.54. The fourth-order valence-corrected chi connectivity index (χ4v) is 5.01. The van der Waals surface area contributed by atoms with Crippen molar-refractivity contribution in [3.63, 3.8) is 0 Å². The van der Waals surface area contributed by atoms with Gasteiger partial charge in [0.05, 0.1) is 39.6 Å². The second kappa shape index (κ2) is 9.34. The fraction of sp³-hybridized carbons (Fsp3) is 0.0800. The van der Waals surface area contributed by atoms with Gasteiger partial charge in [0.25, 0.3) is 15.6 Å². The fourth-order valence-electron chi connectivity index (χ4n) is 3.87. The molecule has 5 rings (SSSR count). The number of hydrogen-bond donors (Lipinski definition) is 1. The molecule has 0 radical (unpaired) electrons. The van der Waals surface area contributed by atoms with E-state index in [1.165, 1.54) is 66.5 Å². The molecule has 5 aromatic rings. The van der Waals surface area contributed by atoms with Crippen LogP contribution in [0, 0.1) is 12.7 Å². The van der Waals surface area contributed by atoms with Crippen LogP contribution in [-0.4, -0.2) is 30.2 Å². The average molecular weight is 541 g/mol. The summed E-state index contributed by atoms with van der Waals surface area (Å²) in [7, 11) is -2.59. The summed E-state index contributed by atoms with van der Waals surface area (Å²) in [5, 5.41) is 4.42. The highest BCUT2D eigenvalue weighted by atomic mass is 35.5. The topological polar surface area (TPSA) is 116 Å². The van der Waals surface area contributed by atoms with Crippen molar-refractivity contribution in [2.24, 2.45) is 0 Å². The second-order valence-electron chi connectivity index (χ2n) is 7.99. The Balaban J connectivity index is 1.64. The van der Waals surface area contributed by atoms with Crippen molar-refractivity contribution in [1.82, 2.24) is 14.7 Å². The molecule has 0 spiro atoms. The van der Waals surface area contributed by atoms with E-state index in [0.717, 1.165) is 0 Å². The summed E-state index contributed by atoms with van der Waals surface area (Å²) in [6, 6.07) is 14.1. The monoisotopic (exact) mass is 540 g/mol. The van der Waals surface area contributed by atoms with Gasteiger partial charge in [0.15, 0.2) is 5.82 Å². The molecule has 0 unspecified atom stereocenters. The summed E-state index contributed by atoms with van der Waals surface area (Å²) in [6.45, 7) is 1.71. The molecule has 3 heterocycles. The number of methoxy groups -OCH3 is 1. The summed E-state index contributed by atoms with van der Waals surface area (Å²) in [6.07, 6.45) is 1.24. The van der Waals surface area contributed by atoms with Crippen LogP contribution in [0.4, 0.5) is 10.2 Å². The number of fused-ring (bicyclic) bond motifs is 1. The molecular weight excluding hydrogens is 523 g/mol. The van der Waals surface area contributed by atoms with Crippen molar-refractivity contribution >= 4 is 38.3 Å². The van der Waals surface area contributed by atoms with Gasteiger partial charge < -0.3 is 9.26 Å². The Hall–Kier alpha value is -4.22. The van der Waals surface area contributed by atoms with Crippen molar-refractivity contribution in [3.05, 3.63) is 93.8 Å². The van der Waals surface area contributed by atoms with E-state index in [1.54, 1.807) is 19.1 Å². The molecule has 0 saturated heterocycles. The number of aryl methyl sites for hydroxylation is 1. The highest BCUT2D eigenvalue weighted by Crippen LogP contribution is 2.33. The number of rotatable bonds is 6. The maximum Gasteiger partial charge on any atom is 0.263 e. The van der Waals surface area contributed by atoms with Gasteiger partial charge in [-0.05, 0) is 49.4 Å². The Labute approximate surface area is 215 Å². The number of sulfonamides is 1. The van der Waals surface area contributed by atoms with Gasteiger partial charge in [-0.2, -0.15) is 0 Å². The Morgan fingerprint density at radius 3 is 2.59 bits per heavy atom. The SMILES string of the molecule is COc1cc(-c2ccc(Cl)c(C)n2)c(F)cc1-n1c(=O)ccc2cc(S(=O)(=O)Nc3ccon3)ccc21. The predicted molar refractivity (Wildman–Crippen MR) is 136 cm³/mol. The zero-order valence-electron chi connectivity index (χ0n) is 19.4. The summed E-state index contributed by atoms with van der Waals surface area (Å²) in [5.41, 5.74) is 1.08. The van der Waals surface area contributed by atoms with E-state index in [-0.39, 0.29) is 27.7 Å². The van der Waals surface area contributed by atoms with E-state index in [9.17, 15) is 13.2 Å². The number of nitrogens with one attached hydrogen (secondary N) is 1. The third-order valence-corrected chi connectivity index (χ3v) is 7.41. The number of ether oxygens (including phenoxy) is 1. The number of pyridine rings is 2. The van der Waals surface area contributed by atoms with Crippen LogP contribution in [0.2, 0.25) is 5.02 Å². The Kier molecular flexibility index (Phi) is 6.18. The number of hydrogen-bond acceptors (Lipinski definition) is 7. The number of anilines is 1. The van der Waals surface area contributed by atoms with Gasteiger partial charge in [-0.25, -0.2) is 12.8 Å². The lowest BCUT2D eigenvalue weighted by Gasteiger charge is -2.16. The zero-order chi connectivity index (χ0) is 26.3. The van der Waals surface area contributed by atoms with Crippen molar-refractivity contribution in [1.29, 1.82) is 0 Å². The van der Waals surface area contributed by atoms with Crippen molar-refractivity contribution in [2.75, 3.05) is 11.8 Å². The van der Waals surface area contributed by atoms with Crippen LogP contribution in [0.3, 0.4) is 0 Å². The molecule has 0 amide bonds. The number of nitrogens with zero attached hydrogens (tertiary/aromatic N) is 3. The highest BCUT2D eigenvalue weighted by Gasteiger charge is 2.20. The smallest absolute Gasteiger partial charge is 0.263 e. The molecule has 0 saturated carbocycles. The van der Waals surface area contributed by atoms with Crippen LogP contribution in [0.15, 0.2) is 81.1 Å². The minimum absolute atomic E-state index is 0.0238. The normalized spacial score (nSPS) is 11.6. The Bertz CT molecular complexity index is 1820. The molecule has 9 nitrogen and oxygen atoms in total. The van der Waals surface area contributed by atoms with Gasteiger partial charge in [-0.15, -0.1) is 0 Å². The molecule has 37 heavy (non-hydrogen) atoms. The van der Waals surface area contributed by atoms with E-state index in [1.807, 2.05) is 0 Å². The molecule has 0 aliphatic rings. The molecule has 0 fully saturated rings. The number of aromatic nitrogens is 3. The lowest BCUT2D eigenvalue weighted by molar-refractivity contribution is 0.412. The van der Waals surface area contributed by atoms with E-state index >= 15 is 4.39 Å². The molecule has 0 aliphatic carbocycles. The Morgan fingerprint density at radius 1 is 1.08 bits per heavy atom. The predicted octanol–water partition coefficient (Wildman–Crippen LogP) is 4.95. The quantitative estimate of drug-likeness (QED) is 0.324. The van der Waals surface area contributed by atoms with Crippen LogP contribution in [0.25, 0.3) is 27.8 Å². The zero-order valence-corrected chi connectivity index (χ0v) is 21.0. The largest absolute Gasteiger partial charge is 0.495 e. The van der Waals surface area contributed by atoms with Gasteiger partial charge in [0, 0.05) is 29.1 Å².